The van der Waals surface area contributed by atoms with Gasteiger partial charge < -0.3 is 4.74 Å². The predicted octanol–water partition coefficient (Wildman–Crippen LogP) is 2.13. The summed E-state index contributed by atoms with van der Waals surface area (Å²) in [7, 11) is -3.94. The molecule has 1 aliphatic rings. The van der Waals surface area contributed by atoms with Gasteiger partial charge in [-0.25, -0.2) is 12.8 Å². The van der Waals surface area contributed by atoms with Crippen molar-refractivity contribution in [1.29, 1.82) is 0 Å². The van der Waals surface area contributed by atoms with E-state index in [4.69, 9.17) is 4.74 Å². The normalized spacial score (nSPS) is 15.9. The van der Waals surface area contributed by atoms with Gasteiger partial charge in [-0.05, 0) is 42.8 Å². The van der Waals surface area contributed by atoms with E-state index in [1.807, 2.05) is 0 Å². The van der Waals surface area contributed by atoms with E-state index in [9.17, 15) is 12.8 Å². The van der Waals surface area contributed by atoms with Crippen LogP contribution in [0.3, 0.4) is 0 Å². The van der Waals surface area contributed by atoms with Crippen LogP contribution in [0.1, 0.15) is 12.0 Å². The van der Waals surface area contributed by atoms with Crippen molar-refractivity contribution < 1.29 is 17.5 Å². The lowest BCUT2D eigenvalue weighted by Gasteiger charge is -2.28. The second-order valence-corrected chi connectivity index (χ2v) is 8.34. The molecule has 0 unspecified atom stereocenters. The van der Waals surface area contributed by atoms with Gasteiger partial charge in [-0.3, -0.25) is 9.88 Å². The molecule has 27 heavy (non-hydrogen) atoms. The van der Waals surface area contributed by atoms with Crippen LogP contribution in [0, 0.1) is 5.82 Å². The molecule has 0 aliphatic carbocycles. The largest absolute Gasteiger partial charge is 0.379 e. The Hall–Kier alpha value is -1.87. The fourth-order valence-electron chi connectivity index (χ4n) is 3.06. The van der Waals surface area contributed by atoms with Crippen LogP contribution in [0.4, 0.5) is 4.39 Å². The number of rotatable bonds is 8. The fourth-order valence-corrected chi connectivity index (χ4v) is 4.60. The van der Waals surface area contributed by atoms with E-state index < -0.39 is 15.8 Å². The average Bonchev–Trinajstić information content (AvgIpc) is 2.69. The number of nitrogens with zero attached hydrogens (tertiary/aromatic N) is 3. The number of hydrogen-bond donors (Lipinski definition) is 0. The van der Waals surface area contributed by atoms with Crippen molar-refractivity contribution in [3.05, 3.63) is 60.2 Å². The highest BCUT2D eigenvalue weighted by molar-refractivity contribution is 7.89. The molecule has 0 spiro atoms. The van der Waals surface area contributed by atoms with E-state index in [-0.39, 0.29) is 11.4 Å². The molecule has 0 bridgehead atoms. The van der Waals surface area contributed by atoms with Crippen molar-refractivity contribution in [1.82, 2.24) is 14.2 Å². The van der Waals surface area contributed by atoms with Gasteiger partial charge in [0.2, 0.25) is 10.0 Å². The molecule has 1 aliphatic heterocycles. The van der Waals surface area contributed by atoms with Gasteiger partial charge in [-0.2, -0.15) is 4.31 Å². The van der Waals surface area contributed by atoms with Crippen molar-refractivity contribution >= 4 is 10.0 Å². The topological polar surface area (TPSA) is 62.7 Å². The SMILES string of the molecule is O=S(=O)(c1ccccc1F)N(CCCN1CCOCC1)Cc1ccncc1. The zero-order chi connectivity index (χ0) is 19.1. The van der Waals surface area contributed by atoms with E-state index in [2.05, 4.69) is 9.88 Å². The molecule has 0 N–H and O–H groups in total. The Morgan fingerprint density at radius 2 is 1.81 bits per heavy atom. The summed E-state index contributed by atoms with van der Waals surface area (Å²) in [5.74, 6) is -0.731. The highest BCUT2D eigenvalue weighted by atomic mass is 32.2. The number of halogens is 1. The molecule has 1 aromatic carbocycles. The number of hydrogen-bond acceptors (Lipinski definition) is 5. The summed E-state index contributed by atoms with van der Waals surface area (Å²) in [6.07, 6.45) is 3.91. The van der Waals surface area contributed by atoms with E-state index in [1.165, 1.54) is 28.6 Å². The van der Waals surface area contributed by atoms with Crippen molar-refractivity contribution in [2.24, 2.45) is 0 Å². The summed E-state index contributed by atoms with van der Waals surface area (Å²) in [5, 5.41) is 0. The molecular formula is C19H24FN3O3S. The van der Waals surface area contributed by atoms with Gasteiger partial charge in [0.05, 0.1) is 13.2 Å². The third-order valence-electron chi connectivity index (χ3n) is 4.55. The maximum Gasteiger partial charge on any atom is 0.246 e. The standard InChI is InChI=1S/C19H24FN3O3S/c20-18-4-1-2-5-19(18)27(24,25)23(16-17-6-8-21-9-7-17)11-3-10-22-12-14-26-15-13-22/h1-2,4-9H,3,10-16H2. The average molecular weight is 393 g/mol. The molecule has 1 fully saturated rings. The predicted molar refractivity (Wildman–Crippen MR) is 100 cm³/mol. The summed E-state index contributed by atoms with van der Waals surface area (Å²) < 4.78 is 47.0. The molecule has 1 saturated heterocycles. The molecule has 0 amide bonds. The highest BCUT2D eigenvalue weighted by Crippen LogP contribution is 2.21. The van der Waals surface area contributed by atoms with Crippen LogP contribution in [-0.2, 0) is 21.3 Å². The lowest BCUT2D eigenvalue weighted by Crippen LogP contribution is -2.39. The summed E-state index contributed by atoms with van der Waals surface area (Å²) in [6.45, 7) is 4.39. The molecule has 8 heteroatoms. The van der Waals surface area contributed by atoms with Gasteiger partial charge >= 0.3 is 0 Å². The van der Waals surface area contributed by atoms with Gasteiger partial charge in [0.1, 0.15) is 10.7 Å². The van der Waals surface area contributed by atoms with Crippen LogP contribution in [0.15, 0.2) is 53.7 Å². The quantitative estimate of drug-likeness (QED) is 0.688. The molecule has 146 valence electrons. The minimum Gasteiger partial charge on any atom is -0.379 e. The number of ether oxygens (including phenoxy) is 1. The zero-order valence-electron chi connectivity index (χ0n) is 15.1. The lowest BCUT2D eigenvalue weighted by molar-refractivity contribution is 0.0368. The molecule has 2 aromatic rings. The monoisotopic (exact) mass is 393 g/mol. The van der Waals surface area contributed by atoms with Crippen LogP contribution in [0.2, 0.25) is 0 Å². The third kappa shape index (κ3) is 5.32. The Morgan fingerprint density at radius 3 is 2.52 bits per heavy atom. The molecule has 2 heterocycles. The van der Waals surface area contributed by atoms with Crippen LogP contribution < -0.4 is 0 Å². The first-order chi connectivity index (χ1) is 13.1. The summed E-state index contributed by atoms with van der Waals surface area (Å²) in [6, 6.07) is 9.05. The molecule has 1 aromatic heterocycles. The highest BCUT2D eigenvalue weighted by Gasteiger charge is 2.27. The number of morpholine rings is 1. The molecule has 3 rings (SSSR count). The van der Waals surface area contributed by atoms with Gasteiger partial charge in [0.15, 0.2) is 0 Å². The molecule has 6 nitrogen and oxygen atoms in total. The van der Waals surface area contributed by atoms with Gasteiger partial charge in [0, 0.05) is 38.6 Å². The van der Waals surface area contributed by atoms with Crippen LogP contribution in [-0.4, -0.2) is 62.0 Å². The van der Waals surface area contributed by atoms with Crippen molar-refractivity contribution in [2.45, 2.75) is 17.9 Å². The number of sulfonamides is 1. The van der Waals surface area contributed by atoms with E-state index >= 15 is 0 Å². The van der Waals surface area contributed by atoms with Gasteiger partial charge in [0.25, 0.3) is 0 Å². The number of benzene rings is 1. The second-order valence-electron chi connectivity index (χ2n) is 6.43. The summed E-state index contributed by atoms with van der Waals surface area (Å²) in [5.41, 5.74) is 0.816. The van der Waals surface area contributed by atoms with Crippen LogP contribution in [0.5, 0.6) is 0 Å². The minimum absolute atomic E-state index is 0.183. The van der Waals surface area contributed by atoms with E-state index in [0.29, 0.717) is 26.2 Å². The van der Waals surface area contributed by atoms with Crippen LogP contribution >= 0.6 is 0 Å². The molecule has 0 radical (unpaired) electrons. The Bertz CT molecular complexity index is 827. The Balaban J connectivity index is 1.75. The smallest absolute Gasteiger partial charge is 0.246 e. The maximum atomic E-state index is 14.2. The Kier molecular flexibility index (Phi) is 6.89. The minimum atomic E-state index is -3.94. The first-order valence-corrected chi connectivity index (χ1v) is 10.4. The van der Waals surface area contributed by atoms with Crippen molar-refractivity contribution in [2.75, 3.05) is 39.4 Å². The van der Waals surface area contributed by atoms with E-state index in [0.717, 1.165) is 25.2 Å². The summed E-state index contributed by atoms with van der Waals surface area (Å²) >= 11 is 0. The van der Waals surface area contributed by atoms with Gasteiger partial charge in [-0.15, -0.1) is 0 Å². The number of pyridine rings is 1. The first-order valence-electron chi connectivity index (χ1n) is 9.01. The van der Waals surface area contributed by atoms with E-state index in [1.54, 1.807) is 24.5 Å². The Morgan fingerprint density at radius 1 is 1.11 bits per heavy atom. The van der Waals surface area contributed by atoms with Crippen LogP contribution in [0.25, 0.3) is 0 Å². The first kappa shape index (κ1) is 19.9. The zero-order valence-corrected chi connectivity index (χ0v) is 15.9. The maximum absolute atomic E-state index is 14.2. The molecule has 0 atom stereocenters. The molecule has 0 saturated carbocycles. The molecular weight excluding hydrogens is 369 g/mol. The van der Waals surface area contributed by atoms with Crippen molar-refractivity contribution in [3.63, 3.8) is 0 Å². The third-order valence-corrected chi connectivity index (χ3v) is 6.43. The van der Waals surface area contributed by atoms with Crippen molar-refractivity contribution in [3.8, 4) is 0 Å². The summed E-state index contributed by atoms with van der Waals surface area (Å²) in [4.78, 5) is 5.93. The second kappa shape index (κ2) is 9.36. The number of aromatic nitrogens is 1. The Labute approximate surface area is 159 Å². The lowest BCUT2D eigenvalue weighted by atomic mass is 10.2. The fraction of sp³-hybridized carbons (Fsp3) is 0.421. The van der Waals surface area contributed by atoms with Gasteiger partial charge in [-0.1, -0.05) is 12.1 Å².